The first kappa shape index (κ1) is 18.9. The maximum Gasteiger partial charge on any atom is 0.280 e. The second kappa shape index (κ2) is 6.67. The minimum absolute atomic E-state index is 0.0260. The highest BCUT2D eigenvalue weighted by atomic mass is 35.5. The minimum atomic E-state index is -1.57. The van der Waals surface area contributed by atoms with Crippen LogP contribution in [0.25, 0.3) is 21.8 Å². The SMILES string of the molecule is CC(C)(O)C(=O)NCCn1nc(O)c2[nH]c3cc(Cl)ccc3c(=O)c2c1=O. The van der Waals surface area contributed by atoms with Gasteiger partial charge in [0.1, 0.15) is 16.5 Å². The summed E-state index contributed by atoms with van der Waals surface area (Å²) in [7, 11) is 0. The number of halogens is 1. The average Bonchev–Trinajstić information content (AvgIpc) is 2.57. The zero-order valence-corrected chi connectivity index (χ0v) is 15.3. The number of nitrogens with one attached hydrogen (secondary N) is 2. The first-order valence-corrected chi connectivity index (χ1v) is 8.43. The van der Waals surface area contributed by atoms with E-state index in [2.05, 4.69) is 15.4 Å². The molecule has 27 heavy (non-hydrogen) atoms. The van der Waals surface area contributed by atoms with Crippen LogP contribution in [0.15, 0.2) is 27.8 Å². The number of aromatic amines is 1. The van der Waals surface area contributed by atoms with E-state index in [9.17, 15) is 24.6 Å². The Kier molecular flexibility index (Phi) is 4.66. The summed E-state index contributed by atoms with van der Waals surface area (Å²) in [5, 5.41) is 26.4. The number of carbonyl (C=O) groups is 1. The fourth-order valence-corrected chi connectivity index (χ4v) is 2.79. The summed E-state index contributed by atoms with van der Waals surface area (Å²) in [5.41, 5.74) is -2.56. The van der Waals surface area contributed by atoms with E-state index in [1.54, 1.807) is 0 Å². The standard InChI is InChI=1S/C17H17ClN4O5/c1-17(2,27)16(26)19-5-6-22-15(25)11-12(14(24)21-22)20-10-7-8(18)3-4-9(10)13(11)23/h3-4,7,27H,5-6H2,1-2H3,(H,19,26)(H,20,23)(H,21,24). The van der Waals surface area contributed by atoms with Gasteiger partial charge in [-0.3, -0.25) is 14.4 Å². The fourth-order valence-electron chi connectivity index (χ4n) is 2.62. The van der Waals surface area contributed by atoms with E-state index in [-0.39, 0.29) is 29.4 Å². The highest BCUT2D eigenvalue weighted by Crippen LogP contribution is 2.20. The Morgan fingerprint density at radius 3 is 2.74 bits per heavy atom. The number of rotatable bonds is 4. The van der Waals surface area contributed by atoms with Gasteiger partial charge >= 0.3 is 0 Å². The predicted molar refractivity (Wildman–Crippen MR) is 100 cm³/mol. The summed E-state index contributed by atoms with van der Waals surface area (Å²) in [6.07, 6.45) is 0. The Labute approximate surface area is 157 Å². The molecule has 142 valence electrons. The zero-order chi connectivity index (χ0) is 19.9. The molecule has 4 N–H and O–H groups in total. The van der Waals surface area contributed by atoms with E-state index < -0.39 is 28.4 Å². The van der Waals surface area contributed by atoms with Gasteiger partial charge in [-0.1, -0.05) is 11.6 Å². The third kappa shape index (κ3) is 3.51. The molecular weight excluding hydrogens is 376 g/mol. The first-order valence-electron chi connectivity index (χ1n) is 8.05. The summed E-state index contributed by atoms with van der Waals surface area (Å²) in [6, 6.07) is 4.52. The molecule has 0 radical (unpaired) electrons. The van der Waals surface area contributed by atoms with Gasteiger partial charge < -0.3 is 20.5 Å². The van der Waals surface area contributed by atoms with Crippen LogP contribution in [0.2, 0.25) is 5.02 Å². The van der Waals surface area contributed by atoms with Crippen LogP contribution < -0.4 is 16.3 Å². The molecule has 0 bridgehead atoms. The van der Waals surface area contributed by atoms with E-state index in [0.29, 0.717) is 10.5 Å². The van der Waals surface area contributed by atoms with Crippen molar-refractivity contribution < 1.29 is 15.0 Å². The van der Waals surface area contributed by atoms with Gasteiger partial charge in [0.2, 0.25) is 5.43 Å². The number of fused-ring (bicyclic) bond motifs is 2. The van der Waals surface area contributed by atoms with Crippen molar-refractivity contribution in [1.29, 1.82) is 0 Å². The lowest BCUT2D eigenvalue weighted by Gasteiger charge is -2.16. The summed E-state index contributed by atoms with van der Waals surface area (Å²) < 4.78 is 0.888. The highest BCUT2D eigenvalue weighted by Gasteiger charge is 2.23. The summed E-state index contributed by atoms with van der Waals surface area (Å²) in [4.78, 5) is 39.9. The molecule has 3 aromatic rings. The molecule has 0 saturated heterocycles. The molecule has 0 atom stereocenters. The molecule has 1 amide bonds. The first-order chi connectivity index (χ1) is 12.6. The quantitative estimate of drug-likeness (QED) is 0.477. The van der Waals surface area contributed by atoms with Gasteiger partial charge in [-0.15, -0.1) is 5.10 Å². The monoisotopic (exact) mass is 392 g/mol. The summed E-state index contributed by atoms with van der Waals surface area (Å²) in [5.74, 6) is -1.15. The predicted octanol–water partition coefficient (Wildman–Crippen LogP) is 0.484. The van der Waals surface area contributed by atoms with E-state index in [0.717, 1.165) is 4.68 Å². The Morgan fingerprint density at radius 1 is 1.37 bits per heavy atom. The number of aromatic hydroxyl groups is 1. The largest absolute Gasteiger partial charge is 0.491 e. The molecule has 0 aliphatic rings. The molecule has 1 aromatic carbocycles. The van der Waals surface area contributed by atoms with Crippen molar-refractivity contribution in [3.63, 3.8) is 0 Å². The number of benzene rings is 1. The summed E-state index contributed by atoms with van der Waals surface area (Å²) in [6.45, 7) is 2.53. The number of carbonyl (C=O) groups excluding carboxylic acids is 1. The molecule has 0 spiro atoms. The molecular formula is C17H17ClN4O5. The maximum atomic E-state index is 12.7. The van der Waals surface area contributed by atoms with Crippen molar-refractivity contribution in [3.8, 4) is 5.88 Å². The summed E-state index contributed by atoms with van der Waals surface area (Å²) >= 11 is 5.91. The number of aliphatic hydroxyl groups is 1. The number of H-pyrrole nitrogens is 1. The van der Waals surface area contributed by atoms with Gasteiger partial charge in [0.15, 0.2) is 0 Å². The van der Waals surface area contributed by atoms with Crippen LogP contribution in [0.1, 0.15) is 13.8 Å². The number of hydrogen-bond donors (Lipinski definition) is 4. The Balaban J connectivity index is 2.06. The number of hydrogen-bond acceptors (Lipinski definition) is 6. The molecule has 0 fully saturated rings. The molecule has 10 heteroatoms. The van der Waals surface area contributed by atoms with E-state index in [1.807, 2.05) is 0 Å². The maximum absolute atomic E-state index is 12.7. The Bertz CT molecular complexity index is 1180. The van der Waals surface area contributed by atoms with Crippen molar-refractivity contribution in [3.05, 3.63) is 43.8 Å². The number of amides is 1. The van der Waals surface area contributed by atoms with Gasteiger partial charge in [0.05, 0.1) is 12.1 Å². The molecule has 2 heterocycles. The topological polar surface area (TPSA) is 137 Å². The molecule has 0 aliphatic carbocycles. The van der Waals surface area contributed by atoms with Crippen LogP contribution >= 0.6 is 11.6 Å². The molecule has 0 saturated carbocycles. The van der Waals surface area contributed by atoms with Crippen molar-refractivity contribution in [1.82, 2.24) is 20.1 Å². The van der Waals surface area contributed by atoms with Crippen LogP contribution in [-0.4, -0.2) is 43.0 Å². The molecule has 0 unspecified atom stereocenters. The fraction of sp³-hybridized carbons (Fsp3) is 0.294. The molecule has 0 aliphatic heterocycles. The lowest BCUT2D eigenvalue weighted by Crippen LogP contribution is -2.43. The van der Waals surface area contributed by atoms with Crippen LogP contribution in [0.4, 0.5) is 0 Å². The van der Waals surface area contributed by atoms with Crippen LogP contribution in [-0.2, 0) is 11.3 Å². The van der Waals surface area contributed by atoms with E-state index in [1.165, 1.54) is 32.0 Å². The number of pyridine rings is 1. The Morgan fingerprint density at radius 2 is 2.07 bits per heavy atom. The van der Waals surface area contributed by atoms with E-state index in [4.69, 9.17) is 11.6 Å². The molecule has 2 aromatic heterocycles. The minimum Gasteiger partial charge on any atom is -0.491 e. The number of aromatic nitrogens is 3. The molecule has 9 nitrogen and oxygen atoms in total. The van der Waals surface area contributed by atoms with E-state index >= 15 is 0 Å². The average molecular weight is 393 g/mol. The normalized spacial score (nSPS) is 11.9. The second-order valence-electron chi connectivity index (χ2n) is 6.56. The lowest BCUT2D eigenvalue weighted by molar-refractivity contribution is -0.136. The van der Waals surface area contributed by atoms with Gasteiger partial charge in [0, 0.05) is 17.0 Å². The number of nitrogens with zero attached hydrogens (tertiary/aromatic N) is 2. The third-order valence-electron chi connectivity index (χ3n) is 4.02. The van der Waals surface area contributed by atoms with Crippen LogP contribution in [0.3, 0.4) is 0 Å². The lowest BCUT2D eigenvalue weighted by atomic mass is 10.1. The molecule has 3 rings (SSSR count). The zero-order valence-electron chi connectivity index (χ0n) is 14.5. The van der Waals surface area contributed by atoms with Crippen LogP contribution in [0, 0.1) is 0 Å². The van der Waals surface area contributed by atoms with Crippen molar-refractivity contribution >= 4 is 39.3 Å². The van der Waals surface area contributed by atoms with Gasteiger partial charge in [0.25, 0.3) is 17.3 Å². The van der Waals surface area contributed by atoms with Crippen molar-refractivity contribution in [2.45, 2.75) is 26.0 Å². The van der Waals surface area contributed by atoms with Gasteiger partial charge in [-0.25, -0.2) is 4.68 Å². The highest BCUT2D eigenvalue weighted by molar-refractivity contribution is 6.31. The van der Waals surface area contributed by atoms with Gasteiger partial charge in [-0.2, -0.15) is 0 Å². The third-order valence-corrected chi connectivity index (χ3v) is 4.25. The van der Waals surface area contributed by atoms with Crippen LogP contribution in [0.5, 0.6) is 5.88 Å². The second-order valence-corrected chi connectivity index (χ2v) is 7.00. The smallest absolute Gasteiger partial charge is 0.280 e. The van der Waals surface area contributed by atoms with Crippen molar-refractivity contribution in [2.24, 2.45) is 0 Å². The van der Waals surface area contributed by atoms with Crippen molar-refractivity contribution in [2.75, 3.05) is 6.54 Å². The van der Waals surface area contributed by atoms with Gasteiger partial charge in [-0.05, 0) is 32.0 Å². The Hall–Kier alpha value is -2.91.